The second kappa shape index (κ2) is 7.70. The zero-order valence-electron chi connectivity index (χ0n) is 12.6. The summed E-state index contributed by atoms with van der Waals surface area (Å²) in [5, 5.41) is 15.1. The molecule has 5 nitrogen and oxygen atoms in total. The molecule has 3 atom stereocenters. The molecule has 0 spiro atoms. The number of hydrogen-bond acceptors (Lipinski definition) is 3. The van der Waals surface area contributed by atoms with Crippen molar-refractivity contribution < 1.29 is 9.90 Å². The van der Waals surface area contributed by atoms with Gasteiger partial charge in [-0.15, -0.1) is 0 Å². The Labute approximate surface area is 116 Å². The van der Waals surface area contributed by atoms with E-state index >= 15 is 0 Å². The van der Waals surface area contributed by atoms with Crippen LogP contribution in [0.2, 0.25) is 0 Å². The molecule has 1 fully saturated rings. The second-order valence-corrected chi connectivity index (χ2v) is 6.25. The maximum atomic E-state index is 11.9. The fraction of sp³-hybridized carbons (Fsp3) is 0.929. The Bertz CT molecular complexity index is 282. The number of amides is 2. The number of aliphatic hydroxyl groups is 1. The van der Waals surface area contributed by atoms with Crippen LogP contribution in [0.15, 0.2) is 0 Å². The molecule has 1 aliphatic carbocycles. The molecule has 3 N–H and O–H groups in total. The number of carbonyl (C=O) groups excluding carboxylic acids is 1. The van der Waals surface area contributed by atoms with Crippen molar-refractivity contribution in [3.8, 4) is 0 Å². The monoisotopic (exact) mass is 271 g/mol. The Hall–Kier alpha value is -0.810. The van der Waals surface area contributed by atoms with Gasteiger partial charge in [-0.3, -0.25) is 0 Å². The summed E-state index contributed by atoms with van der Waals surface area (Å²) >= 11 is 0. The third kappa shape index (κ3) is 5.78. The fourth-order valence-electron chi connectivity index (χ4n) is 2.72. The molecular weight excluding hydrogens is 242 g/mol. The summed E-state index contributed by atoms with van der Waals surface area (Å²) in [6.07, 6.45) is 3.97. The average molecular weight is 271 g/mol. The lowest BCUT2D eigenvalue weighted by Gasteiger charge is -2.21. The summed E-state index contributed by atoms with van der Waals surface area (Å²) < 4.78 is 0. The van der Waals surface area contributed by atoms with Crippen molar-refractivity contribution in [1.29, 1.82) is 0 Å². The third-order valence-electron chi connectivity index (χ3n) is 3.78. The molecule has 112 valence electrons. The first kappa shape index (κ1) is 16.2. The van der Waals surface area contributed by atoms with Crippen LogP contribution in [0, 0.1) is 5.92 Å². The lowest BCUT2D eigenvalue weighted by atomic mass is 10.0. The van der Waals surface area contributed by atoms with Crippen LogP contribution in [0.4, 0.5) is 4.79 Å². The summed E-state index contributed by atoms with van der Waals surface area (Å²) in [7, 11) is 4.16. The van der Waals surface area contributed by atoms with Crippen LogP contribution in [0.5, 0.6) is 0 Å². The lowest BCUT2D eigenvalue weighted by Crippen LogP contribution is -2.47. The third-order valence-corrected chi connectivity index (χ3v) is 3.78. The van der Waals surface area contributed by atoms with E-state index in [9.17, 15) is 9.90 Å². The van der Waals surface area contributed by atoms with Crippen molar-refractivity contribution in [3.63, 3.8) is 0 Å². The van der Waals surface area contributed by atoms with Gasteiger partial charge in [0.25, 0.3) is 0 Å². The Morgan fingerprint density at radius 2 is 2.05 bits per heavy atom. The molecule has 1 rings (SSSR count). The number of rotatable bonds is 6. The minimum Gasteiger partial charge on any atom is -0.394 e. The zero-order chi connectivity index (χ0) is 14.4. The number of urea groups is 1. The van der Waals surface area contributed by atoms with E-state index in [-0.39, 0.29) is 24.7 Å². The van der Waals surface area contributed by atoms with Gasteiger partial charge >= 0.3 is 6.03 Å². The van der Waals surface area contributed by atoms with E-state index < -0.39 is 0 Å². The van der Waals surface area contributed by atoms with Crippen LogP contribution in [-0.4, -0.2) is 54.9 Å². The maximum Gasteiger partial charge on any atom is 0.315 e. The van der Waals surface area contributed by atoms with Gasteiger partial charge in [-0.05, 0) is 45.7 Å². The Morgan fingerprint density at radius 1 is 1.37 bits per heavy atom. The molecule has 1 saturated carbocycles. The van der Waals surface area contributed by atoms with Crippen LogP contribution in [0.3, 0.4) is 0 Å². The van der Waals surface area contributed by atoms with Crippen molar-refractivity contribution in [2.75, 3.05) is 20.7 Å². The van der Waals surface area contributed by atoms with Crippen molar-refractivity contribution >= 4 is 6.03 Å². The topological polar surface area (TPSA) is 64.6 Å². The van der Waals surface area contributed by atoms with Crippen LogP contribution in [0.25, 0.3) is 0 Å². The summed E-state index contributed by atoms with van der Waals surface area (Å²) in [4.78, 5) is 14.1. The van der Waals surface area contributed by atoms with Gasteiger partial charge in [-0.1, -0.05) is 13.8 Å². The fourth-order valence-corrected chi connectivity index (χ4v) is 2.72. The average Bonchev–Trinajstić information content (AvgIpc) is 2.75. The highest BCUT2D eigenvalue weighted by Gasteiger charge is 2.27. The van der Waals surface area contributed by atoms with Gasteiger partial charge in [-0.2, -0.15) is 0 Å². The normalized spacial score (nSPS) is 24.8. The molecule has 19 heavy (non-hydrogen) atoms. The molecule has 0 radical (unpaired) electrons. The Kier molecular flexibility index (Phi) is 6.58. The first-order chi connectivity index (χ1) is 8.92. The predicted octanol–water partition coefficient (Wildman–Crippen LogP) is 1.18. The zero-order valence-corrected chi connectivity index (χ0v) is 12.6. The van der Waals surface area contributed by atoms with Crippen molar-refractivity contribution in [2.45, 2.75) is 57.7 Å². The molecule has 0 aromatic carbocycles. The minimum absolute atomic E-state index is 0.00338. The molecule has 2 amide bonds. The van der Waals surface area contributed by atoms with Gasteiger partial charge in [0.2, 0.25) is 0 Å². The highest BCUT2D eigenvalue weighted by atomic mass is 16.3. The number of aliphatic hydroxyl groups excluding tert-OH is 1. The van der Waals surface area contributed by atoms with Crippen LogP contribution < -0.4 is 10.6 Å². The van der Waals surface area contributed by atoms with Gasteiger partial charge in [0.1, 0.15) is 0 Å². The number of nitrogens with one attached hydrogen (secondary N) is 2. The number of hydrogen-bond donors (Lipinski definition) is 3. The Balaban J connectivity index is 2.31. The second-order valence-electron chi connectivity index (χ2n) is 6.25. The summed E-state index contributed by atoms with van der Waals surface area (Å²) in [6.45, 7) is 4.17. The summed E-state index contributed by atoms with van der Waals surface area (Å²) in [6, 6.07) is 0.524. The molecule has 1 aliphatic rings. The van der Waals surface area contributed by atoms with Crippen molar-refractivity contribution in [1.82, 2.24) is 15.5 Å². The first-order valence-corrected chi connectivity index (χ1v) is 7.26. The van der Waals surface area contributed by atoms with Gasteiger partial charge in [0.05, 0.1) is 12.6 Å². The molecule has 0 saturated heterocycles. The maximum absolute atomic E-state index is 11.9. The quantitative estimate of drug-likeness (QED) is 0.679. The minimum atomic E-state index is -0.149. The molecule has 0 aromatic heterocycles. The highest BCUT2D eigenvalue weighted by molar-refractivity contribution is 5.74. The van der Waals surface area contributed by atoms with Gasteiger partial charge < -0.3 is 20.6 Å². The SMILES string of the molecule is CC(C)CC(CO)NC(=O)NC1CCC(N(C)C)C1. The van der Waals surface area contributed by atoms with E-state index in [4.69, 9.17) is 0 Å². The molecule has 5 heteroatoms. The summed E-state index contributed by atoms with van der Waals surface area (Å²) in [5.74, 6) is 0.460. The molecule has 0 aromatic rings. The van der Waals surface area contributed by atoms with E-state index in [1.165, 1.54) is 0 Å². The smallest absolute Gasteiger partial charge is 0.315 e. The molecule has 3 unspecified atom stereocenters. The van der Waals surface area contributed by atoms with Gasteiger partial charge in [0.15, 0.2) is 0 Å². The van der Waals surface area contributed by atoms with Gasteiger partial charge in [-0.25, -0.2) is 4.79 Å². The number of nitrogens with zero attached hydrogens (tertiary/aromatic N) is 1. The molecule has 0 heterocycles. The summed E-state index contributed by atoms with van der Waals surface area (Å²) in [5.41, 5.74) is 0. The van der Waals surface area contributed by atoms with Crippen LogP contribution in [0.1, 0.15) is 39.5 Å². The van der Waals surface area contributed by atoms with E-state index in [1.54, 1.807) is 0 Å². The largest absolute Gasteiger partial charge is 0.394 e. The van der Waals surface area contributed by atoms with E-state index in [0.29, 0.717) is 12.0 Å². The highest BCUT2D eigenvalue weighted by Crippen LogP contribution is 2.22. The van der Waals surface area contributed by atoms with Gasteiger partial charge in [0, 0.05) is 12.1 Å². The van der Waals surface area contributed by atoms with Crippen LogP contribution >= 0.6 is 0 Å². The molecular formula is C14H29N3O2. The number of carbonyl (C=O) groups is 1. The lowest BCUT2D eigenvalue weighted by molar-refractivity contribution is 0.204. The van der Waals surface area contributed by atoms with Crippen molar-refractivity contribution in [2.24, 2.45) is 5.92 Å². The Morgan fingerprint density at radius 3 is 2.53 bits per heavy atom. The first-order valence-electron chi connectivity index (χ1n) is 7.26. The van der Waals surface area contributed by atoms with E-state index in [2.05, 4.69) is 43.5 Å². The van der Waals surface area contributed by atoms with E-state index in [1.807, 2.05) is 0 Å². The molecule has 0 aliphatic heterocycles. The predicted molar refractivity (Wildman–Crippen MR) is 77.1 cm³/mol. The molecule has 0 bridgehead atoms. The van der Waals surface area contributed by atoms with E-state index in [0.717, 1.165) is 25.7 Å². The van der Waals surface area contributed by atoms with Crippen LogP contribution in [-0.2, 0) is 0 Å². The standard InChI is InChI=1S/C14H29N3O2/c1-10(2)7-12(9-18)16-14(19)15-11-5-6-13(8-11)17(3)4/h10-13,18H,5-9H2,1-4H3,(H2,15,16,19). The van der Waals surface area contributed by atoms with Crippen molar-refractivity contribution in [3.05, 3.63) is 0 Å².